The average molecular weight is 443 g/mol. The van der Waals surface area contributed by atoms with E-state index in [1.54, 1.807) is 0 Å². The van der Waals surface area contributed by atoms with Gasteiger partial charge in [0.2, 0.25) is 6.43 Å². The Balaban J connectivity index is 1.38. The SMILES string of the molecule is CCCCCCCCCCOc1ccc(-c2ccc([C@H]3CC[C@H](C(F)F)CC3)cc2)cc1. The maximum atomic E-state index is 12.9. The molecular weight excluding hydrogens is 402 g/mol. The second-order valence-electron chi connectivity index (χ2n) is 9.42. The Labute approximate surface area is 193 Å². The molecule has 2 aromatic carbocycles. The van der Waals surface area contributed by atoms with E-state index in [0.29, 0.717) is 18.8 Å². The van der Waals surface area contributed by atoms with Gasteiger partial charge in [0, 0.05) is 5.92 Å². The predicted molar refractivity (Wildman–Crippen MR) is 131 cm³/mol. The van der Waals surface area contributed by atoms with Crippen molar-refractivity contribution in [3.8, 4) is 16.9 Å². The van der Waals surface area contributed by atoms with Gasteiger partial charge in [-0.1, -0.05) is 88.3 Å². The van der Waals surface area contributed by atoms with E-state index in [9.17, 15) is 8.78 Å². The minimum atomic E-state index is -2.16. The highest BCUT2D eigenvalue weighted by Crippen LogP contribution is 2.38. The van der Waals surface area contributed by atoms with Crippen LogP contribution in [0.5, 0.6) is 5.75 Å². The van der Waals surface area contributed by atoms with Crippen molar-refractivity contribution in [2.24, 2.45) is 5.92 Å². The summed E-state index contributed by atoms with van der Waals surface area (Å²) < 4.78 is 31.7. The molecule has 32 heavy (non-hydrogen) atoms. The van der Waals surface area contributed by atoms with Gasteiger partial charge in [0.05, 0.1) is 6.61 Å². The van der Waals surface area contributed by atoms with Crippen LogP contribution in [0.2, 0.25) is 0 Å². The molecule has 1 fully saturated rings. The number of benzene rings is 2. The summed E-state index contributed by atoms with van der Waals surface area (Å²) >= 11 is 0. The molecule has 0 atom stereocenters. The number of alkyl halides is 2. The van der Waals surface area contributed by atoms with E-state index in [4.69, 9.17) is 4.74 Å². The minimum absolute atomic E-state index is 0.401. The van der Waals surface area contributed by atoms with Gasteiger partial charge in [0.25, 0.3) is 0 Å². The standard InChI is InChI=1S/C29H40F2O/c1-2-3-4-5-6-7-8-9-22-32-28-20-18-26(19-21-28)24-12-10-23(11-13-24)25-14-16-27(17-15-25)29(30)31/h10-13,18-21,25,27,29H,2-9,14-17,22H2,1H3/t25-,27-. The monoisotopic (exact) mass is 442 g/mol. The molecule has 1 aliphatic rings. The van der Waals surface area contributed by atoms with Crippen molar-refractivity contribution in [1.82, 2.24) is 0 Å². The summed E-state index contributed by atoms with van der Waals surface area (Å²) in [6, 6.07) is 17.0. The summed E-state index contributed by atoms with van der Waals surface area (Å²) in [6.07, 6.45) is 11.3. The Kier molecular flexibility index (Phi) is 10.5. The third-order valence-electron chi connectivity index (χ3n) is 6.96. The van der Waals surface area contributed by atoms with Gasteiger partial charge in [-0.2, -0.15) is 0 Å². The van der Waals surface area contributed by atoms with Gasteiger partial charge in [0.15, 0.2) is 0 Å². The topological polar surface area (TPSA) is 9.23 Å². The molecule has 0 radical (unpaired) electrons. The van der Waals surface area contributed by atoms with Crippen molar-refractivity contribution in [3.63, 3.8) is 0 Å². The zero-order chi connectivity index (χ0) is 22.6. The van der Waals surface area contributed by atoms with Crippen LogP contribution in [0.4, 0.5) is 8.78 Å². The van der Waals surface area contributed by atoms with Crippen molar-refractivity contribution in [1.29, 1.82) is 0 Å². The largest absolute Gasteiger partial charge is 0.494 e. The van der Waals surface area contributed by atoms with E-state index in [1.807, 2.05) is 0 Å². The predicted octanol–water partition coefficient (Wildman–Crippen LogP) is 9.41. The number of rotatable bonds is 13. The van der Waals surface area contributed by atoms with Crippen molar-refractivity contribution in [2.75, 3.05) is 6.61 Å². The summed E-state index contributed by atoms with van der Waals surface area (Å²) in [7, 11) is 0. The van der Waals surface area contributed by atoms with Gasteiger partial charge in [-0.05, 0) is 66.8 Å². The average Bonchev–Trinajstić information content (AvgIpc) is 2.83. The first-order valence-electron chi connectivity index (χ1n) is 12.8. The third-order valence-corrected chi connectivity index (χ3v) is 6.96. The molecule has 0 heterocycles. The summed E-state index contributed by atoms with van der Waals surface area (Å²) in [4.78, 5) is 0. The zero-order valence-corrected chi connectivity index (χ0v) is 19.7. The number of hydrogen-bond donors (Lipinski definition) is 0. The maximum Gasteiger partial charge on any atom is 0.241 e. The molecule has 0 unspecified atom stereocenters. The summed E-state index contributed by atoms with van der Waals surface area (Å²) in [5.41, 5.74) is 3.65. The molecule has 1 saturated carbocycles. The van der Waals surface area contributed by atoms with Gasteiger partial charge in [-0.3, -0.25) is 0 Å². The van der Waals surface area contributed by atoms with Gasteiger partial charge in [0.1, 0.15) is 5.75 Å². The smallest absolute Gasteiger partial charge is 0.241 e. The molecule has 3 heteroatoms. The number of ether oxygens (including phenoxy) is 1. The first-order valence-corrected chi connectivity index (χ1v) is 12.8. The highest BCUT2D eigenvalue weighted by atomic mass is 19.3. The molecule has 0 aliphatic heterocycles. The molecule has 0 amide bonds. The lowest BCUT2D eigenvalue weighted by molar-refractivity contribution is 0.0528. The van der Waals surface area contributed by atoms with Gasteiger partial charge < -0.3 is 4.74 Å². The molecule has 1 nitrogen and oxygen atoms in total. The van der Waals surface area contributed by atoms with E-state index in [-0.39, 0.29) is 0 Å². The maximum absolute atomic E-state index is 12.9. The molecule has 0 aromatic heterocycles. The first-order chi connectivity index (χ1) is 15.7. The van der Waals surface area contributed by atoms with Gasteiger partial charge >= 0.3 is 0 Å². The summed E-state index contributed by atoms with van der Waals surface area (Å²) in [6.45, 7) is 3.05. The molecule has 3 rings (SSSR count). The molecule has 0 spiro atoms. The lowest BCUT2D eigenvalue weighted by Gasteiger charge is -2.28. The van der Waals surface area contributed by atoms with Crippen molar-refractivity contribution >= 4 is 0 Å². The number of unbranched alkanes of at least 4 members (excludes halogenated alkanes) is 7. The molecular formula is C29H40F2O. The van der Waals surface area contributed by atoms with E-state index < -0.39 is 12.3 Å². The van der Waals surface area contributed by atoms with E-state index in [2.05, 4.69) is 55.5 Å². The Hall–Kier alpha value is -1.90. The lowest BCUT2D eigenvalue weighted by Crippen LogP contribution is -2.19. The number of halogens is 2. The molecule has 0 saturated heterocycles. The Bertz CT molecular complexity index is 746. The lowest BCUT2D eigenvalue weighted by atomic mass is 9.78. The van der Waals surface area contributed by atoms with Crippen LogP contribution in [0.15, 0.2) is 48.5 Å². The fourth-order valence-electron chi connectivity index (χ4n) is 4.82. The van der Waals surface area contributed by atoms with Crippen LogP contribution in [0.1, 0.15) is 95.5 Å². The molecule has 0 bridgehead atoms. The first kappa shape index (κ1) is 24.7. The third kappa shape index (κ3) is 7.90. The molecule has 1 aliphatic carbocycles. The van der Waals surface area contributed by atoms with E-state index in [1.165, 1.54) is 61.6 Å². The van der Waals surface area contributed by atoms with E-state index >= 15 is 0 Å². The summed E-state index contributed by atoms with van der Waals surface area (Å²) in [5, 5.41) is 0. The van der Waals surface area contributed by atoms with Crippen molar-refractivity contribution in [2.45, 2.75) is 96.3 Å². The van der Waals surface area contributed by atoms with Gasteiger partial charge in [-0.15, -0.1) is 0 Å². The quantitative estimate of drug-likeness (QED) is 0.281. The fraction of sp³-hybridized carbons (Fsp3) is 0.586. The molecule has 0 N–H and O–H groups in total. The van der Waals surface area contributed by atoms with Crippen LogP contribution < -0.4 is 4.74 Å². The molecule has 176 valence electrons. The highest BCUT2D eigenvalue weighted by Gasteiger charge is 2.27. The minimum Gasteiger partial charge on any atom is -0.494 e. The molecule has 2 aromatic rings. The van der Waals surface area contributed by atoms with E-state index in [0.717, 1.165) is 31.6 Å². The van der Waals surface area contributed by atoms with Crippen LogP contribution in [0, 0.1) is 5.92 Å². The van der Waals surface area contributed by atoms with Crippen LogP contribution in [0.25, 0.3) is 11.1 Å². The Morgan fingerprint density at radius 1 is 0.719 bits per heavy atom. The van der Waals surface area contributed by atoms with Gasteiger partial charge in [-0.25, -0.2) is 8.78 Å². The normalized spacial score (nSPS) is 18.8. The Morgan fingerprint density at radius 3 is 1.81 bits per heavy atom. The zero-order valence-electron chi connectivity index (χ0n) is 19.7. The highest BCUT2D eigenvalue weighted by molar-refractivity contribution is 5.64. The van der Waals surface area contributed by atoms with Crippen molar-refractivity contribution in [3.05, 3.63) is 54.1 Å². The van der Waals surface area contributed by atoms with Crippen LogP contribution in [0.3, 0.4) is 0 Å². The summed E-state index contributed by atoms with van der Waals surface area (Å²) in [5.74, 6) is 0.956. The second kappa shape index (κ2) is 13.6. The van der Waals surface area contributed by atoms with Crippen molar-refractivity contribution < 1.29 is 13.5 Å². The Morgan fingerprint density at radius 2 is 1.25 bits per heavy atom. The second-order valence-corrected chi connectivity index (χ2v) is 9.42. The number of hydrogen-bond acceptors (Lipinski definition) is 1. The fourth-order valence-corrected chi connectivity index (χ4v) is 4.82. The van der Waals surface area contributed by atoms with Crippen LogP contribution >= 0.6 is 0 Å². The van der Waals surface area contributed by atoms with Crippen LogP contribution in [-0.2, 0) is 0 Å². The van der Waals surface area contributed by atoms with Crippen LogP contribution in [-0.4, -0.2) is 13.0 Å².